The molecule has 0 saturated carbocycles. The molecule has 2 aromatic rings. The summed E-state index contributed by atoms with van der Waals surface area (Å²) in [6.45, 7) is 2.50. The molecule has 8 nitrogen and oxygen atoms in total. The minimum Gasteiger partial charge on any atom is -0.461 e. The number of hydrogen-bond donors (Lipinski definition) is 1. The van der Waals surface area contributed by atoms with E-state index in [2.05, 4.69) is 20.3 Å². The summed E-state index contributed by atoms with van der Waals surface area (Å²) in [6.07, 6.45) is 4.78. The van der Waals surface area contributed by atoms with Gasteiger partial charge in [-0.05, 0) is 6.92 Å². The number of carbonyl (C=O) groups excluding carboxylic acids is 1. The minimum atomic E-state index is -0.520. The average molecular weight is 262 g/mol. The van der Waals surface area contributed by atoms with E-state index in [1.807, 2.05) is 0 Å². The molecule has 0 fully saturated rings. The van der Waals surface area contributed by atoms with E-state index >= 15 is 0 Å². The molecular weight excluding hydrogens is 248 g/mol. The normalized spacial score (nSPS) is 10.4. The van der Waals surface area contributed by atoms with Crippen molar-refractivity contribution in [2.24, 2.45) is 5.73 Å². The van der Waals surface area contributed by atoms with E-state index in [-0.39, 0.29) is 18.8 Å². The Balaban J connectivity index is 2.25. The number of aromatic nitrogens is 5. The van der Waals surface area contributed by atoms with Crippen molar-refractivity contribution in [2.75, 3.05) is 6.61 Å². The quantitative estimate of drug-likeness (QED) is 0.740. The van der Waals surface area contributed by atoms with E-state index in [0.29, 0.717) is 17.9 Å². The van der Waals surface area contributed by atoms with Gasteiger partial charge in [-0.15, -0.1) is 5.10 Å². The van der Waals surface area contributed by atoms with Crippen LogP contribution in [0.3, 0.4) is 0 Å². The zero-order chi connectivity index (χ0) is 13.7. The summed E-state index contributed by atoms with van der Waals surface area (Å²) in [6, 6.07) is 0. The van der Waals surface area contributed by atoms with Crippen molar-refractivity contribution in [1.29, 1.82) is 0 Å². The van der Waals surface area contributed by atoms with Crippen LogP contribution in [0.2, 0.25) is 0 Å². The van der Waals surface area contributed by atoms with E-state index in [1.165, 1.54) is 4.68 Å². The smallest absolute Gasteiger partial charge is 0.360 e. The second-order valence-electron chi connectivity index (χ2n) is 3.66. The summed E-state index contributed by atoms with van der Waals surface area (Å²) in [5.74, 6) is -0.520. The predicted molar refractivity (Wildman–Crippen MR) is 65.0 cm³/mol. The highest BCUT2D eigenvalue weighted by Crippen LogP contribution is 2.08. The Hall–Kier alpha value is -2.35. The minimum absolute atomic E-state index is 0.140. The van der Waals surface area contributed by atoms with Crippen LogP contribution in [0.15, 0.2) is 18.6 Å². The first-order valence-electron chi connectivity index (χ1n) is 5.80. The standard InChI is InChI=1S/C11H14N6O2/c1-2-19-11(18)10-9(5-12)17(16-15-10)7-8-6-13-3-4-14-8/h3-4,6H,2,5,7,12H2,1H3. The van der Waals surface area contributed by atoms with Crippen LogP contribution in [0.4, 0.5) is 0 Å². The topological polar surface area (TPSA) is 109 Å². The van der Waals surface area contributed by atoms with E-state index < -0.39 is 5.97 Å². The molecule has 0 aliphatic rings. The molecule has 2 aromatic heterocycles. The van der Waals surface area contributed by atoms with Crippen LogP contribution in [0, 0.1) is 0 Å². The van der Waals surface area contributed by atoms with Gasteiger partial charge in [0, 0.05) is 18.9 Å². The number of ether oxygens (including phenoxy) is 1. The SMILES string of the molecule is CCOC(=O)c1nnn(Cc2cnccn2)c1CN. The first-order valence-corrected chi connectivity index (χ1v) is 5.80. The van der Waals surface area contributed by atoms with Gasteiger partial charge in [0.25, 0.3) is 0 Å². The van der Waals surface area contributed by atoms with Crippen LogP contribution in [0.1, 0.15) is 28.8 Å². The molecule has 0 saturated heterocycles. The zero-order valence-corrected chi connectivity index (χ0v) is 10.5. The summed E-state index contributed by atoms with van der Waals surface area (Å²) >= 11 is 0. The van der Waals surface area contributed by atoms with Gasteiger partial charge in [0.2, 0.25) is 0 Å². The third-order valence-electron chi connectivity index (χ3n) is 2.43. The van der Waals surface area contributed by atoms with Crippen LogP contribution < -0.4 is 5.73 Å². The first-order chi connectivity index (χ1) is 9.26. The number of esters is 1. The van der Waals surface area contributed by atoms with Gasteiger partial charge in [-0.2, -0.15) is 0 Å². The lowest BCUT2D eigenvalue weighted by molar-refractivity contribution is 0.0518. The van der Waals surface area contributed by atoms with Crippen LogP contribution >= 0.6 is 0 Å². The van der Waals surface area contributed by atoms with Crippen molar-refractivity contribution in [3.63, 3.8) is 0 Å². The number of hydrogen-bond acceptors (Lipinski definition) is 7. The lowest BCUT2D eigenvalue weighted by atomic mass is 10.3. The Labute approximate surface area is 109 Å². The lowest BCUT2D eigenvalue weighted by Crippen LogP contribution is -2.15. The third kappa shape index (κ3) is 2.91. The molecule has 0 unspecified atom stereocenters. The monoisotopic (exact) mass is 262 g/mol. The molecule has 2 rings (SSSR count). The van der Waals surface area contributed by atoms with Crippen molar-refractivity contribution in [3.05, 3.63) is 35.7 Å². The molecule has 8 heteroatoms. The Morgan fingerprint density at radius 3 is 2.95 bits per heavy atom. The summed E-state index contributed by atoms with van der Waals surface area (Å²) in [5, 5.41) is 7.72. The van der Waals surface area contributed by atoms with Crippen molar-refractivity contribution in [2.45, 2.75) is 20.0 Å². The largest absolute Gasteiger partial charge is 0.461 e. The van der Waals surface area contributed by atoms with Crippen molar-refractivity contribution in [1.82, 2.24) is 25.0 Å². The van der Waals surface area contributed by atoms with E-state index in [0.717, 1.165) is 0 Å². The number of nitrogens with two attached hydrogens (primary N) is 1. The molecule has 0 aliphatic carbocycles. The second kappa shape index (κ2) is 6.01. The Morgan fingerprint density at radius 1 is 1.47 bits per heavy atom. The van der Waals surface area contributed by atoms with Crippen molar-refractivity contribution in [3.8, 4) is 0 Å². The maximum Gasteiger partial charge on any atom is 0.360 e. The van der Waals surface area contributed by atoms with Gasteiger partial charge < -0.3 is 10.5 Å². The fourth-order valence-corrected chi connectivity index (χ4v) is 1.58. The van der Waals surface area contributed by atoms with Gasteiger partial charge in [-0.3, -0.25) is 9.97 Å². The molecule has 19 heavy (non-hydrogen) atoms. The summed E-state index contributed by atoms with van der Waals surface area (Å²) in [5.41, 5.74) is 7.01. The van der Waals surface area contributed by atoms with Crippen molar-refractivity contribution >= 4 is 5.97 Å². The van der Waals surface area contributed by atoms with Crippen LogP contribution in [-0.4, -0.2) is 37.5 Å². The van der Waals surface area contributed by atoms with Crippen LogP contribution in [-0.2, 0) is 17.8 Å². The predicted octanol–water partition coefficient (Wildman–Crippen LogP) is -0.248. The van der Waals surface area contributed by atoms with Crippen molar-refractivity contribution < 1.29 is 9.53 Å². The van der Waals surface area contributed by atoms with E-state index in [9.17, 15) is 4.79 Å². The molecule has 2 N–H and O–H groups in total. The van der Waals surface area contributed by atoms with Gasteiger partial charge in [-0.25, -0.2) is 9.48 Å². The molecular formula is C11H14N6O2. The molecule has 0 aromatic carbocycles. The van der Waals surface area contributed by atoms with Crippen LogP contribution in [0.5, 0.6) is 0 Å². The first kappa shape index (κ1) is 13.1. The fraction of sp³-hybridized carbons (Fsp3) is 0.364. The van der Waals surface area contributed by atoms with Gasteiger partial charge in [0.1, 0.15) is 0 Å². The molecule has 0 radical (unpaired) electrons. The summed E-state index contributed by atoms with van der Waals surface area (Å²) < 4.78 is 6.42. The Morgan fingerprint density at radius 2 is 2.32 bits per heavy atom. The fourth-order valence-electron chi connectivity index (χ4n) is 1.58. The van der Waals surface area contributed by atoms with Crippen LogP contribution in [0.25, 0.3) is 0 Å². The van der Waals surface area contributed by atoms with E-state index in [4.69, 9.17) is 10.5 Å². The van der Waals surface area contributed by atoms with Gasteiger partial charge >= 0.3 is 5.97 Å². The number of nitrogens with zero attached hydrogens (tertiary/aromatic N) is 5. The molecule has 0 aliphatic heterocycles. The maximum atomic E-state index is 11.7. The van der Waals surface area contributed by atoms with E-state index in [1.54, 1.807) is 25.5 Å². The molecule has 0 bridgehead atoms. The second-order valence-corrected chi connectivity index (χ2v) is 3.66. The van der Waals surface area contributed by atoms with Gasteiger partial charge in [0.15, 0.2) is 5.69 Å². The summed E-state index contributed by atoms with van der Waals surface area (Å²) in [7, 11) is 0. The highest BCUT2D eigenvalue weighted by molar-refractivity contribution is 5.88. The lowest BCUT2D eigenvalue weighted by Gasteiger charge is -2.05. The van der Waals surface area contributed by atoms with Gasteiger partial charge in [0.05, 0.1) is 30.7 Å². The molecule has 0 amide bonds. The molecule has 0 atom stereocenters. The summed E-state index contributed by atoms with van der Waals surface area (Å²) in [4.78, 5) is 19.8. The molecule has 100 valence electrons. The Kier molecular flexibility index (Phi) is 4.14. The average Bonchev–Trinajstić information content (AvgIpc) is 2.83. The highest BCUT2D eigenvalue weighted by atomic mass is 16.5. The van der Waals surface area contributed by atoms with Gasteiger partial charge in [-0.1, -0.05) is 5.21 Å². The number of rotatable bonds is 5. The zero-order valence-electron chi connectivity index (χ0n) is 10.5. The third-order valence-corrected chi connectivity index (χ3v) is 2.43. The number of carbonyl (C=O) groups is 1. The highest BCUT2D eigenvalue weighted by Gasteiger charge is 2.19. The molecule has 0 spiro atoms. The molecule has 2 heterocycles. The Bertz CT molecular complexity index is 554. The maximum absolute atomic E-state index is 11.7.